The van der Waals surface area contributed by atoms with Gasteiger partial charge in [0.15, 0.2) is 0 Å². The van der Waals surface area contributed by atoms with Gasteiger partial charge in [0.2, 0.25) is 5.91 Å². The number of rotatable bonds is 5. The molecule has 1 heterocycles. The smallest absolute Gasteiger partial charge is 0.321 e. The van der Waals surface area contributed by atoms with Crippen molar-refractivity contribution in [2.75, 3.05) is 5.75 Å². The summed E-state index contributed by atoms with van der Waals surface area (Å²) in [7, 11) is 0. The van der Waals surface area contributed by atoms with Crippen molar-refractivity contribution in [1.82, 2.24) is 10.6 Å². The molecule has 116 valence electrons. The van der Waals surface area contributed by atoms with E-state index in [1.165, 1.54) is 18.0 Å². The molecule has 5 nitrogen and oxygen atoms in total. The molecule has 1 aromatic carbocycles. The van der Waals surface area contributed by atoms with Gasteiger partial charge in [0.05, 0.1) is 28.6 Å². The molecule has 0 saturated heterocycles. The lowest BCUT2D eigenvalue weighted by molar-refractivity contribution is -0.117. The van der Waals surface area contributed by atoms with Crippen molar-refractivity contribution in [3.8, 4) is 0 Å². The lowest BCUT2D eigenvalue weighted by atomic mass is 10.4. The van der Waals surface area contributed by atoms with Gasteiger partial charge < -0.3 is 9.73 Å². The average molecular weight is 359 g/mol. The molecule has 2 N–H and O–H groups in total. The first-order valence-electron chi connectivity index (χ1n) is 6.23. The average Bonchev–Trinajstić information content (AvgIpc) is 2.98. The Labute approximate surface area is 141 Å². The van der Waals surface area contributed by atoms with Gasteiger partial charge in [-0.3, -0.25) is 10.1 Å². The fourth-order valence-electron chi connectivity index (χ4n) is 1.55. The predicted octanol–water partition coefficient (Wildman–Crippen LogP) is 3.70. The number of carbonyl (C=O) groups excluding carboxylic acids is 2. The van der Waals surface area contributed by atoms with Crippen LogP contribution in [0.1, 0.15) is 5.76 Å². The first kappa shape index (κ1) is 16.7. The molecular weight excluding hydrogens is 347 g/mol. The topological polar surface area (TPSA) is 71.3 Å². The van der Waals surface area contributed by atoms with E-state index in [1.54, 1.807) is 30.3 Å². The van der Waals surface area contributed by atoms with Crippen molar-refractivity contribution in [2.24, 2.45) is 0 Å². The number of hydrogen-bond donors (Lipinski definition) is 2. The summed E-state index contributed by atoms with van der Waals surface area (Å²) < 4.78 is 5.06. The summed E-state index contributed by atoms with van der Waals surface area (Å²) in [6, 6.07) is 7.93. The molecule has 22 heavy (non-hydrogen) atoms. The van der Waals surface area contributed by atoms with Crippen molar-refractivity contribution >= 4 is 46.9 Å². The van der Waals surface area contributed by atoms with Crippen LogP contribution >= 0.6 is 35.0 Å². The van der Waals surface area contributed by atoms with Gasteiger partial charge in [-0.1, -0.05) is 29.3 Å². The summed E-state index contributed by atoms with van der Waals surface area (Å²) >= 11 is 13.2. The molecule has 2 rings (SSSR count). The molecule has 0 saturated carbocycles. The maximum atomic E-state index is 11.7. The number of urea groups is 1. The molecule has 2 aromatic rings. The van der Waals surface area contributed by atoms with Crippen LogP contribution in [0.2, 0.25) is 10.0 Å². The first-order chi connectivity index (χ1) is 10.6. The van der Waals surface area contributed by atoms with Crippen LogP contribution in [0.25, 0.3) is 0 Å². The molecule has 0 aliphatic carbocycles. The van der Waals surface area contributed by atoms with Crippen LogP contribution in [0.5, 0.6) is 0 Å². The summed E-state index contributed by atoms with van der Waals surface area (Å²) in [5.41, 5.74) is 0. The van der Waals surface area contributed by atoms with E-state index < -0.39 is 11.9 Å². The maximum absolute atomic E-state index is 11.7. The van der Waals surface area contributed by atoms with Crippen LogP contribution in [-0.4, -0.2) is 17.7 Å². The molecule has 8 heteroatoms. The summed E-state index contributed by atoms with van der Waals surface area (Å²) in [5, 5.41) is 5.66. The summed E-state index contributed by atoms with van der Waals surface area (Å²) in [6.45, 7) is 0.204. The highest BCUT2D eigenvalue weighted by Gasteiger charge is 2.11. The molecule has 0 spiro atoms. The number of carbonyl (C=O) groups is 2. The minimum atomic E-state index is -0.591. The standard InChI is InChI=1S/C14H12Cl2N2O3S/c15-10-4-1-5-11(16)13(10)22-8-12(19)18-14(20)17-7-9-3-2-6-21-9/h1-6H,7-8H2,(H2,17,18,19,20). The van der Waals surface area contributed by atoms with Gasteiger partial charge in [-0.05, 0) is 24.3 Å². The van der Waals surface area contributed by atoms with E-state index in [-0.39, 0.29) is 12.3 Å². The van der Waals surface area contributed by atoms with E-state index in [1.807, 2.05) is 0 Å². The highest BCUT2D eigenvalue weighted by atomic mass is 35.5. The van der Waals surface area contributed by atoms with Gasteiger partial charge in [0, 0.05) is 4.90 Å². The Morgan fingerprint density at radius 3 is 2.50 bits per heavy atom. The van der Waals surface area contributed by atoms with E-state index in [9.17, 15) is 9.59 Å². The highest BCUT2D eigenvalue weighted by molar-refractivity contribution is 8.00. The number of hydrogen-bond acceptors (Lipinski definition) is 4. The van der Waals surface area contributed by atoms with Gasteiger partial charge in [-0.2, -0.15) is 0 Å². The van der Waals surface area contributed by atoms with Crippen LogP contribution < -0.4 is 10.6 Å². The number of benzene rings is 1. The van der Waals surface area contributed by atoms with Gasteiger partial charge >= 0.3 is 6.03 Å². The third kappa shape index (κ3) is 4.98. The normalized spacial score (nSPS) is 10.3. The largest absolute Gasteiger partial charge is 0.467 e. The molecule has 0 fully saturated rings. The molecular formula is C14H12Cl2N2O3S. The predicted molar refractivity (Wildman–Crippen MR) is 86.3 cm³/mol. The third-order valence-electron chi connectivity index (χ3n) is 2.52. The highest BCUT2D eigenvalue weighted by Crippen LogP contribution is 2.33. The number of amides is 3. The third-order valence-corrected chi connectivity index (χ3v) is 4.51. The van der Waals surface area contributed by atoms with Crippen molar-refractivity contribution < 1.29 is 14.0 Å². The number of thioether (sulfide) groups is 1. The lowest BCUT2D eigenvalue weighted by Crippen LogP contribution is -2.39. The molecule has 1 aromatic heterocycles. The quantitative estimate of drug-likeness (QED) is 0.799. The minimum Gasteiger partial charge on any atom is -0.467 e. The number of nitrogens with one attached hydrogen (secondary N) is 2. The van der Waals surface area contributed by atoms with Gasteiger partial charge in [0.25, 0.3) is 0 Å². The second kappa shape index (κ2) is 8.12. The van der Waals surface area contributed by atoms with Crippen LogP contribution in [-0.2, 0) is 11.3 Å². The molecule has 0 aliphatic rings. The molecule has 3 amide bonds. The Bertz CT molecular complexity index is 642. The first-order valence-corrected chi connectivity index (χ1v) is 7.97. The Kier molecular flexibility index (Phi) is 6.18. The van der Waals surface area contributed by atoms with E-state index in [0.717, 1.165) is 0 Å². The summed E-state index contributed by atoms with van der Waals surface area (Å²) in [4.78, 5) is 23.9. The minimum absolute atomic E-state index is 0.0254. The monoisotopic (exact) mass is 358 g/mol. The zero-order chi connectivity index (χ0) is 15.9. The molecule has 0 atom stereocenters. The van der Waals surface area contributed by atoms with Gasteiger partial charge in [-0.25, -0.2) is 4.79 Å². The Hall–Kier alpha value is -1.63. The second-order valence-electron chi connectivity index (χ2n) is 4.15. The lowest BCUT2D eigenvalue weighted by Gasteiger charge is -2.07. The molecule has 0 bridgehead atoms. The second-order valence-corrected chi connectivity index (χ2v) is 5.95. The van der Waals surface area contributed by atoms with Crippen molar-refractivity contribution in [2.45, 2.75) is 11.4 Å². The fourth-order valence-corrected chi connectivity index (χ4v) is 3.03. The fraction of sp³-hybridized carbons (Fsp3) is 0.143. The van der Waals surface area contributed by atoms with E-state index in [4.69, 9.17) is 27.6 Å². The summed E-state index contributed by atoms with van der Waals surface area (Å²) in [6.07, 6.45) is 1.50. The Balaban J connectivity index is 1.76. The van der Waals surface area contributed by atoms with Crippen molar-refractivity contribution in [3.05, 3.63) is 52.4 Å². The van der Waals surface area contributed by atoms with Gasteiger partial charge in [-0.15, -0.1) is 11.8 Å². The Morgan fingerprint density at radius 1 is 1.14 bits per heavy atom. The molecule has 0 radical (unpaired) electrons. The van der Waals surface area contributed by atoms with Crippen molar-refractivity contribution in [3.63, 3.8) is 0 Å². The van der Waals surface area contributed by atoms with Crippen LogP contribution in [0.4, 0.5) is 4.79 Å². The van der Waals surface area contributed by atoms with Crippen molar-refractivity contribution in [1.29, 1.82) is 0 Å². The zero-order valence-electron chi connectivity index (χ0n) is 11.3. The number of halogens is 2. The summed E-state index contributed by atoms with van der Waals surface area (Å²) in [5.74, 6) is 0.176. The maximum Gasteiger partial charge on any atom is 0.321 e. The molecule has 0 unspecified atom stereocenters. The van der Waals surface area contributed by atoms with E-state index >= 15 is 0 Å². The van der Waals surface area contributed by atoms with E-state index in [0.29, 0.717) is 20.7 Å². The van der Waals surface area contributed by atoms with Crippen LogP contribution in [0.15, 0.2) is 45.9 Å². The number of imide groups is 1. The zero-order valence-corrected chi connectivity index (χ0v) is 13.6. The van der Waals surface area contributed by atoms with Crippen LogP contribution in [0.3, 0.4) is 0 Å². The SMILES string of the molecule is O=C(CSc1c(Cl)cccc1Cl)NC(=O)NCc1ccco1. The van der Waals surface area contributed by atoms with E-state index in [2.05, 4.69) is 10.6 Å². The van der Waals surface area contributed by atoms with Crippen LogP contribution in [0, 0.1) is 0 Å². The molecule has 0 aliphatic heterocycles. The number of furan rings is 1. The van der Waals surface area contributed by atoms with Gasteiger partial charge in [0.1, 0.15) is 5.76 Å². The Morgan fingerprint density at radius 2 is 1.86 bits per heavy atom.